The Labute approximate surface area is 215 Å². The Kier molecular flexibility index (Phi) is 8.43. The lowest BCUT2D eigenvalue weighted by atomic mass is 9.98. The molecule has 0 aliphatic carbocycles. The van der Waals surface area contributed by atoms with Gasteiger partial charge >= 0.3 is 11.9 Å². The summed E-state index contributed by atoms with van der Waals surface area (Å²) in [6.07, 6.45) is -1.43. The number of aliphatic carboxylic acids is 1. The lowest BCUT2D eigenvalue weighted by molar-refractivity contribution is -0.154. The smallest absolute Gasteiger partial charge is 0.348 e. The number of carbonyl (C=O) groups excluding carboxylic acids is 2. The number of hydrogen-bond acceptors (Lipinski definition) is 8. The van der Waals surface area contributed by atoms with Crippen molar-refractivity contribution in [2.24, 2.45) is 0 Å². The summed E-state index contributed by atoms with van der Waals surface area (Å²) >= 11 is 1.05. The molecule has 10 heteroatoms. The van der Waals surface area contributed by atoms with E-state index in [2.05, 4.69) is 0 Å². The molecule has 36 heavy (non-hydrogen) atoms. The predicted octanol–water partition coefficient (Wildman–Crippen LogP) is 4.19. The minimum absolute atomic E-state index is 0.0926. The molecular formula is C26H34N2O7S. The minimum atomic E-state index is -1.73. The van der Waals surface area contributed by atoms with Crippen molar-refractivity contribution in [3.8, 4) is 0 Å². The largest absolute Gasteiger partial charge is 0.480 e. The number of fused-ring (bicyclic) bond motifs is 1. The molecule has 3 rings (SSSR count). The molecule has 0 saturated heterocycles. The van der Waals surface area contributed by atoms with Crippen LogP contribution in [0.2, 0.25) is 0 Å². The third kappa shape index (κ3) is 5.11. The van der Waals surface area contributed by atoms with E-state index in [1.165, 1.54) is 13.8 Å². The van der Waals surface area contributed by atoms with Crippen molar-refractivity contribution in [2.75, 3.05) is 18.1 Å². The number of benzene rings is 1. The summed E-state index contributed by atoms with van der Waals surface area (Å²) < 4.78 is 11.5. The Hall–Kier alpha value is -2.95. The number of carbonyl (C=O) groups is 3. The second-order valence-electron chi connectivity index (χ2n) is 9.25. The number of ether oxygens (including phenoxy) is 2. The van der Waals surface area contributed by atoms with Crippen LogP contribution < -0.4 is 4.90 Å². The van der Waals surface area contributed by atoms with Crippen molar-refractivity contribution >= 4 is 34.2 Å². The molecule has 1 aliphatic heterocycles. The molecule has 1 amide bonds. The van der Waals surface area contributed by atoms with Crippen LogP contribution in [-0.4, -0.2) is 64.1 Å². The van der Waals surface area contributed by atoms with Crippen LogP contribution in [0.25, 0.3) is 0 Å². The predicted molar refractivity (Wildman–Crippen MR) is 136 cm³/mol. The number of hydrogen-bond donors (Lipinski definition) is 2. The van der Waals surface area contributed by atoms with E-state index in [1.54, 1.807) is 18.7 Å². The van der Waals surface area contributed by atoms with Crippen LogP contribution in [0.3, 0.4) is 0 Å². The Morgan fingerprint density at radius 3 is 2.39 bits per heavy atom. The maximum Gasteiger partial charge on any atom is 0.348 e. The fourth-order valence-electron chi connectivity index (χ4n) is 4.09. The summed E-state index contributed by atoms with van der Waals surface area (Å²) in [5.41, 5.74) is -0.296. The van der Waals surface area contributed by atoms with Gasteiger partial charge in [-0.1, -0.05) is 37.3 Å². The third-order valence-electron chi connectivity index (χ3n) is 6.42. The van der Waals surface area contributed by atoms with Crippen molar-refractivity contribution in [3.05, 3.63) is 51.9 Å². The molecule has 0 bridgehead atoms. The summed E-state index contributed by atoms with van der Waals surface area (Å²) in [5.74, 6) is -2.51. The summed E-state index contributed by atoms with van der Waals surface area (Å²) in [5, 5.41) is 21.7. The van der Waals surface area contributed by atoms with Crippen LogP contribution in [0.5, 0.6) is 0 Å². The zero-order chi connectivity index (χ0) is 26.8. The van der Waals surface area contributed by atoms with E-state index < -0.39 is 35.8 Å². The molecule has 2 heterocycles. The molecule has 3 atom stereocenters. The number of amides is 1. The van der Waals surface area contributed by atoms with E-state index in [0.29, 0.717) is 10.6 Å². The summed E-state index contributed by atoms with van der Waals surface area (Å²) in [7, 11) is 0. The first-order chi connectivity index (χ1) is 16.9. The molecule has 196 valence electrons. The third-order valence-corrected chi connectivity index (χ3v) is 7.73. The van der Waals surface area contributed by atoms with Crippen molar-refractivity contribution in [3.63, 3.8) is 0 Å². The van der Waals surface area contributed by atoms with Crippen molar-refractivity contribution in [1.82, 2.24) is 4.90 Å². The first-order valence-electron chi connectivity index (χ1n) is 12.0. The van der Waals surface area contributed by atoms with Gasteiger partial charge in [-0.25, -0.2) is 9.59 Å². The molecular weight excluding hydrogens is 484 g/mol. The Morgan fingerprint density at radius 1 is 1.19 bits per heavy atom. The van der Waals surface area contributed by atoms with Crippen molar-refractivity contribution in [2.45, 2.75) is 72.1 Å². The zero-order valence-corrected chi connectivity index (χ0v) is 22.3. The Balaban J connectivity index is 2.17. The molecule has 1 aromatic carbocycles. The number of thiophene rings is 1. The molecule has 2 aromatic rings. The molecule has 0 saturated carbocycles. The highest BCUT2D eigenvalue weighted by Crippen LogP contribution is 2.44. The molecule has 1 unspecified atom stereocenters. The monoisotopic (exact) mass is 518 g/mol. The highest BCUT2D eigenvalue weighted by molar-refractivity contribution is 7.18. The van der Waals surface area contributed by atoms with Gasteiger partial charge < -0.3 is 24.6 Å². The maximum atomic E-state index is 13.6. The lowest BCUT2D eigenvalue weighted by Crippen LogP contribution is -2.65. The average Bonchev–Trinajstić information content (AvgIpc) is 3.18. The number of rotatable bonds is 10. The number of carboxylic acid groups (broad SMARTS) is 1. The van der Waals surface area contributed by atoms with Gasteiger partial charge in [0.15, 0.2) is 0 Å². The van der Waals surface area contributed by atoms with Gasteiger partial charge in [-0.3, -0.25) is 9.69 Å². The number of aliphatic hydroxyl groups is 1. The van der Waals surface area contributed by atoms with Gasteiger partial charge in [0.1, 0.15) is 21.5 Å². The van der Waals surface area contributed by atoms with E-state index in [9.17, 15) is 24.6 Å². The standard InChI is InChI=1S/C26H34N2O7S/c1-7-15(3)35-18(17-12-10-9-11-13-17)14-27-22-19(16(4)20(36-22)23(30)34-8-2)21(29)28(25(27)33)26(5,6)24(31)32/h9-13,15,18,25,33H,7-8,14H2,1-6H3,(H,31,32)/t15-,18+,25?/m1/s1. The van der Waals surface area contributed by atoms with E-state index in [-0.39, 0.29) is 29.7 Å². The van der Waals surface area contributed by atoms with Crippen LogP contribution >= 0.6 is 11.3 Å². The first-order valence-corrected chi connectivity index (χ1v) is 12.8. The summed E-state index contributed by atoms with van der Waals surface area (Å²) in [6.45, 7) is 10.3. The lowest BCUT2D eigenvalue weighted by Gasteiger charge is -2.47. The molecule has 0 fully saturated rings. The Morgan fingerprint density at radius 2 is 1.83 bits per heavy atom. The topological polar surface area (TPSA) is 117 Å². The zero-order valence-electron chi connectivity index (χ0n) is 21.5. The maximum absolute atomic E-state index is 13.6. The Bertz CT molecular complexity index is 1110. The van der Waals surface area contributed by atoms with Crippen LogP contribution in [0.1, 0.15) is 78.3 Å². The molecule has 0 spiro atoms. The fraction of sp³-hybridized carbons (Fsp3) is 0.500. The minimum Gasteiger partial charge on any atom is -0.480 e. The van der Waals surface area contributed by atoms with E-state index in [0.717, 1.165) is 28.2 Å². The summed E-state index contributed by atoms with van der Waals surface area (Å²) in [6, 6.07) is 9.49. The highest BCUT2D eigenvalue weighted by atomic mass is 32.1. The second-order valence-corrected chi connectivity index (χ2v) is 10.2. The number of aliphatic hydroxyl groups excluding tert-OH is 1. The molecule has 1 aliphatic rings. The van der Waals surface area contributed by atoms with Gasteiger partial charge in [-0.15, -0.1) is 11.3 Å². The number of nitrogens with zero attached hydrogens (tertiary/aromatic N) is 2. The first kappa shape index (κ1) is 27.6. The fourth-order valence-corrected chi connectivity index (χ4v) is 5.31. The van der Waals surface area contributed by atoms with E-state index in [4.69, 9.17) is 9.47 Å². The van der Waals surface area contributed by atoms with Crippen LogP contribution in [-0.2, 0) is 14.3 Å². The van der Waals surface area contributed by atoms with Crippen LogP contribution in [0, 0.1) is 6.92 Å². The van der Waals surface area contributed by atoms with E-state index in [1.807, 2.05) is 44.2 Å². The van der Waals surface area contributed by atoms with Gasteiger partial charge in [0.05, 0.1) is 24.8 Å². The second kappa shape index (κ2) is 11.0. The number of esters is 1. The number of carboxylic acids is 1. The van der Waals surface area contributed by atoms with Gasteiger partial charge in [-0.05, 0) is 52.2 Å². The number of anilines is 1. The van der Waals surface area contributed by atoms with Gasteiger partial charge in [0.25, 0.3) is 5.91 Å². The van der Waals surface area contributed by atoms with E-state index >= 15 is 0 Å². The average molecular weight is 519 g/mol. The molecule has 1 aromatic heterocycles. The summed E-state index contributed by atoms with van der Waals surface area (Å²) in [4.78, 5) is 41.1. The van der Waals surface area contributed by atoms with Crippen molar-refractivity contribution in [1.29, 1.82) is 0 Å². The van der Waals surface area contributed by atoms with Crippen LogP contribution in [0.4, 0.5) is 5.00 Å². The molecule has 9 nitrogen and oxygen atoms in total. The highest BCUT2D eigenvalue weighted by Gasteiger charge is 2.50. The normalized spacial score (nSPS) is 17.5. The van der Waals surface area contributed by atoms with Crippen molar-refractivity contribution < 1.29 is 34.1 Å². The molecule has 0 radical (unpaired) electrons. The van der Waals surface area contributed by atoms with Gasteiger partial charge in [0, 0.05) is 0 Å². The van der Waals surface area contributed by atoms with Gasteiger partial charge in [-0.2, -0.15) is 0 Å². The van der Waals surface area contributed by atoms with Crippen LogP contribution in [0.15, 0.2) is 30.3 Å². The van der Waals surface area contributed by atoms with Gasteiger partial charge in [0.2, 0.25) is 6.35 Å². The molecule has 2 N–H and O–H groups in total. The quantitative estimate of drug-likeness (QED) is 0.450. The SMILES string of the molecule is CCOC(=O)c1sc2c(c1C)C(=O)N(C(C)(C)C(=O)O)C(O)N2C[C@H](O[C@H](C)CC)c1ccccc1.